The van der Waals surface area contributed by atoms with E-state index in [0.29, 0.717) is 26.4 Å². The highest BCUT2D eigenvalue weighted by Gasteiger charge is 2.49. The Bertz CT molecular complexity index is 2690. The van der Waals surface area contributed by atoms with E-state index in [0.717, 1.165) is 103 Å². The highest BCUT2D eigenvalue weighted by atomic mass is 16.5. The third-order valence-electron chi connectivity index (χ3n) is 12.7. The lowest BCUT2D eigenvalue weighted by molar-refractivity contribution is 0.296. The van der Waals surface area contributed by atoms with Gasteiger partial charge in [-0.25, -0.2) is 0 Å². The van der Waals surface area contributed by atoms with Crippen LogP contribution in [0.5, 0.6) is 23.0 Å². The normalized spacial score (nSPS) is 15.8. The highest BCUT2D eigenvalue weighted by Crippen LogP contribution is 2.50. The summed E-state index contributed by atoms with van der Waals surface area (Å²) < 4.78 is 39.4. The van der Waals surface area contributed by atoms with E-state index in [2.05, 4.69) is 138 Å². The molecule has 0 atom stereocenters. The number of ether oxygens (including phenoxy) is 4. The van der Waals surface area contributed by atoms with E-state index in [9.17, 15) is 0 Å². The van der Waals surface area contributed by atoms with E-state index < -0.39 is 0 Å². The van der Waals surface area contributed by atoms with E-state index in [1.54, 1.807) is 0 Å². The molecule has 304 valence electrons. The molecule has 0 radical (unpaired) electrons. The molecule has 0 fully saturated rings. The van der Waals surface area contributed by atoms with Crippen LogP contribution >= 0.6 is 0 Å². The number of fused-ring (bicyclic) bond motifs is 10. The second-order valence-electron chi connectivity index (χ2n) is 19.2. The van der Waals surface area contributed by atoms with E-state index in [-0.39, 0.29) is 23.5 Å². The minimum absolute atomic E-state index is 0.0775. The fourth-order valence-electron chi connectivity index (χ4n) is 9.42. The zero-order valence-electron chi connectivity index (χ0n) is 35.8. The Morgan fingerprint density at radius 1 is 0.500 bits per heavy atom. The Balaban J connectivity index is 1.28. The van der Waals surface area contributed by atoms with Crippen molar-refractivity contribution in [1.82, 2.24) is 0 Å². The molecule has 0 N–H and O–H groups in total. The first-order valence-electron chi connectivity index (χ1n) is 21.5. The summed E-state index contributed by atoms with van der Waals surface area (Å²) in [4.78, 5) is 4.64. The second kappa shape index (κ2) is 13.3. The lowest BCUT2D eigenvalue weighted by Gasteiger charge is -2.41. The topological polar surface area (TPSA) is 69.7 Å². The van der Waals surface area contributed by atoms with Gasteiger partial charge in [-0.05, 0) is 99.6 Å². The third-order valence-corrected chi connectivity index (χ3v) is 12.7. The highest BCUT2D eigenvalue weighted by molar-refractivity contribution is 7.02. The van der Waals surface area contributed by atoms with Crippen molar-refractivity contribution >= 4 is 79.6 Å². The minimum Gasteiger partial charge on any atom is -0.490 e. The molecule has 5 aromatic carbocycles. The fraction of sp³-hybridized carbons (Fsp3) is 0.333. The van der Waals surface area contributed by atoms with Crippen molar-refractivity contribution in [3.63, 3.8) is 0 Å². The predicted molar refractivity (Wildman–Crippen MR) is 243 cm³/mol. The number of nitrogens with zero attached hydrogens (tertiary/aromatic N) is 2. The van der Waals surface area contributed by atoms with E-state index in [1.807, 2.05) is 12.1 Å². The Morgan fingerprint density at radius 2 is 0.933 bits per heavy atom. The summed E-state index contributed by atoms with van der Waals surface area (Å²) in [5.74, 6) is 4.80. The van der Waals surface area contributed by atoms with Gasteiger partial charge < -0.3 is 27.8 Å². The molecule has 0 amide bonds. The number of furan rings is 2. The molecule has 4 aliphatic rings. The zero-order chi connectivity index (χ0) is 41.2. The summed E-state index contributed by atoms with van der Waals surface area (Å²) in [7, 11) is 0. The van der Waals surface area contributed by atoms with Crippen molar-refractivity contribution in [1.29, 1.82) is 0 Å². The average molecular weight is 799 g/mol. The van der Waals surface area contributed by atoms with Crippen LogP contribution in [0.15, 0.2) is 93.8 Å². The van der Waals surface area contributed by atoms with Gasteiger partial charge in [0.25, 0.3) is 6.71 Å². The molecule has 11 rings (SSSR count). The summed E-state index contributed by atoms with van der Waals surface area (Å²) in [5, 5.41) is 2.20. The second-order valence-corrected chi connectivity index (χ2v) is 19.2. The predicted octanol–water partition coefficient (Wildman–Crippen LogP) is 11.3. The molecule has 0 aliphatic carbocycles. The van der Waals surface area contributed by atoms with Gasteiger partial charge in [-0.3, -0.25) is 9.80 Å². The molecule has 0 saturated carbocycles. The van der Waals surface area contributed by atoms with Gasteiger partial charge in [0, 0.05) is 58.0 Å². The van der Waals surface area contributed by atoms with E-state index in [4.69, 9.17) is 27.8 Å². The lowest BCUT2D eigenvalue weighted by atomic mass is 9.33. The molecule has 8 nitrogen and oxygen atoms in total. The van der Waals surface area contributed by atoms with Gasteiger partial charge in [0.15, 0.2) is 23.0 Å². The van der Waals surface area contributed by atoms with Gasteiger partial charge in [-0.15, -0.1) is 0 Å². The zero-order valence-corrected chi connectivity index (χ0v) is 35.8. The van der Waals surface area contributed by atoms with Crippen LogP contribution in [0.25, 0.3) is 21.9 Å². The monoisotopic (exact) mass is 798 g/mol. The maximum Gasteiger partial charge on any atom is 0.262 e. The molecule has 2 aromatic heterocycles. The fourth-order valence-corrected chi connectivity index (χ4v) is 9.42. The van der Waals surface area contributed by atoms with Crippen molar-refractivity contribution in [3.05, 3.63) is 102 Å². The van der Waals surface area contributed by atoms with Crippen molar-refractivity contribution in [2.24, 2.45) is 0 Å². The quantitative estimate of drug-likeness (QED) is 0.164. The van der Waals surface area contributed by atoms with E-state index >= 15 is 0 Å². The molecule has 0 unspecified atom stereocenters. The number of benzene rings is 5. The summed E-state index contributed by atoms with van der Waals surface area (Å²) in [6, 6.07) is 30.8. The molecule has 4 aliphatic heterocycles. The summed E-state index contributed by atoms with van der Waals surface area (Å²) in [6.45, 7) is 20.4. The molecular formula is C51H51BN2O6. The number of hydrogen-bond donors (Lipinski definition) is 0. The first-order chi connectivity index (χ1) is 28.8. The Hall–Kier alpha value is -5.96. The van der Waals surface area contributed by atoms with Crippen LogP contribution in [-0.2, 0) is 10.8 Å². The van der Waals surface area contributed by atoms with E-state index in [1.165, 1.54) is 22.2 Å². The smallest absolute Gasteiger partial charge is 0.262 e. The van der Waals surface area contributed by atoms with Crippen LogP contribution in [0.2, 0.25) is 0 Å². The van der Waals surface area contributed by atoms with Crippen LogP contribution in [0, 0.1) is 0 Å². The molecule has 0 spiro atoms. The Morgan fingerprint density at radius 3 is 1.35 bits per heavy atom. The van der Waals surface area contributed by atoms with Crippen LogP contribution < -0.4 is 45.1 Å². The van der Waals surface area contributed by atoms with Crippen LogP contribution in [0.4, 0.5) is 34.5 Å². The van der Waals surface area contributed by atoms with Crippen molar-refractivity contribution in [2.75, 3.05) is 36.2 Å². The van der Waals surface area contributed by atoms with Crippen molar-refractivity contribution < 1.29 is 27.8 Å². The van der Waals surface area contributed by atoms with Crippen LogP contribution in [0.3, 0.4) is 0 Å². The Labute approximate surface area is 352 Å². The largest absolute Gasteiger partial charge is 0.490 e. The summed E-state index contributed by atoms with van der Waals surface area (Å²) in [5.41, 5.74) is 12.7. The molecular weight excluding hydrogens is 747 g/mol. The average Bonchev–Trinajstić information content (AvgIpc) is 3.56. The van der Waals surface area contributed by atoms with Gasteiger partial charge in [-0.1, -0.05) is 67.5 Å². The SMILES string of the molecule is CC(C)c1cc2c3c(c1)N(c1ccc4c(c1)OCCCO4)c1oc4ccc(C(C)(C)C)cc4c1B3c1c(oc3ccc(C(C)(C)C)cc13)N2c1ccc2c(c1)OCCCO2. The molecule has 0 saturated heterocycles. The standard InChI is InChI=1S/C51H51BN2O6/c1-29(2)30-23-37-47-38(24-30)54(34-14-18-42-44(28-34)58-22-10-20-56-42)49-46(36-26-32(51(6,7)8)12-16-40(36)60-49)52(47)45-35-25-31(50(3,4)5)11-15-39(35)59-48(45)53(37)33-13-17-41-43(27-33)57-21-9-19-55-41/h11-18,23-29H,9-10,19-22H2,1-8H3. The third kappa shape index (κ3) is 5.71. The first kappa shape index (κ1) is 37.1. The maximum absolute atomic E-state index is 7.19. The molecule has 6 heterocycles. The van der Waals surface area contributed by atoms with Crippen molar-refractivity contribution in [3.8, 4) is 23.0 Å². The molecule has 9 heteroatoms. The van der Waals surface area contributed by atoms with Gasteiger partial charge in [0.1, 0.15) is 11.2 Å². The minimum atomic E-state index is -0.220. The lowest BCUT2D eigenvalue weighted by Crippen LogP contribution is -2.60. The van der Waals surface area contributed by atoms with Crippen molar-refractivity contribution in [2.45, 2.75) is 85.0 Å². The number of hydrogen-bond acceptors (Lipinski definition) is 8. The maximum atomic E-state index is 7.19. The summed E-state index contributed by atoms with van der Waals surface area (Å²) in [6.07, 6.45) is 1.66. The van der Waals surface area contributed by atoms with Gasteiger partial charge in [0.05, 0.1) is 37.8 Å². The number of anilines is 6. The Kier molecular flexibility index (Phi) is 8.20. The van der Waals surface area contributed by atoms with Gasteiger partial charge >= 0.3 is 0 Å². The first-order valence-corrected chi connectivity index (χ1v) is 21.5. The summed E-state index contributed by atoms with van der Waals surface area (Å²) >= 11 is 0. The van der Waals surface area contributed by atoms with Crippen LogP contribution in [0.1, 0.15) is 90.8 Å². The number of rotatable bonds is 3. The molecule has 0 bridgehead atoms. The molecule has 60 heavy (non-hydrogen) atoms. The van der Waals surface area contributed by atoms with Gasteiger partial charge in [0.2, 0.25) is 11.8 Å². The van der Waals surface area contributed by atoms with Gasteiger partial charge in [-0.2, -0.15) is 0 Å². The van der Waals surface area contributed by atoms with Crippen LogP contribution in [-0.4, -0.2) is 33.1 Å². The molecule has 7 aromatic rings.